The van der Waals surface area contributed by atoms with Gasteiger partial charge >= 0.3 is 0 Å². The van der Waals surface area contributed by atoms with Crippen LogP contribution in [0.3, 0.4) is 0 Å². The van der Waals surface area contributed by atoms with E-state index in [1.807, 2.05) is 13.8 Å². The molecule has 3 N–H and O–H groups in total. The Morgan fingerprint density at radius 2 is 2.39 bits per heavy atom. The third-order valence-corrected chi connectivity index (χ3v) is 2.73. The Labute approximate surface area is 105 Å². The van der Waals surface area contributed by atoms with Crippen molar-refractivity contribution in [3.63, 3.8) is 0 Å². The van der Waals surface area contributed by atoms with E-state index in [0.29, 0.717) is 12.2 Å². The molecule has 18 heavy (non-hydrogen) atoms. The molecule has 98 valence electrons. The van der Waals surface area contributed by atoms with Crippen LogP contribution < -0.4 is 16.0 Å². The van der Waals surface area contributed by atoms with Gasteiger partial charge in [-0.3, -0.25) is 19.6 Å². The Balaban J connectivity index is 1.92. The molecule has 1 fully saturated rings. The van der Waals surface area contributed by atoms with E-state index in [1.54, 1.807) is 17.1 Å². The summed E-state index contributed by atoms with van der Waals surface area (Å²) in [7, 11) is 0. The van der Waals surface area contributed by atoms with Crippen molar-refractivity contribution in [2.24, 2.45) is 0 Å². The number of nitrogens with zero attached hydrogens (tertiary/aromatic N) is 2. The summed E-state index contributed by atoms with van der Waals surface area (Å²) < 4.78 is 1.77. The fourth-order valence-corrected chi connectivity index (χ4v) is 1.67. The van der Waals surface area contributed by atoms with Gasteiger partial charge in [0.2, 0.25) is 11.8 Å². The summed E-state index contributed by atoms with van der Waals surface area (Å²) in [6.45, 7) is 4.50. The molecule has 0 aromatic carbocycles. The third kappa shape index (κ3) is 2.86. The zero-order valence-electron chi connectivity index (χ0n) is 10.4. The first-order valence-corrected chi connectivity index (χ1v) is 5.91. The van der Waals surface area contributed by atoms with Crippen molar-refractivity contribution in [3.05, 3.63) is 12.4 Å². The molecular formula is C11H17N5O2. The van der Waals surface area contributed by atoms with Gasteiger partial charge in [-0.1, -0.05) is 0 Å². The van der Waals surface area contributed by atoms with Crippen molar-refractivity contribution in [1.29, 1.82) is 0 Å². The summed E-state index contributed by atoms with van der Waals surface area (Å²) in [6, 6.07) is -0.146. The first-order valence-electron chi connectivity index (χ1n) is 5.91. The van der Waals surface area contributed by atoms with E-state index in [9.17, 15) is 9.59 Å². The van der Waals surface area contributed by atoms with E-state index < -0.39 is 6.04 Å². The van der Waals surface area contributed by atoms with E-state index in [0.717, 1.165) is 0 Å². The quantitative estimate of drug-likeness (QED) is 0.675. The molecule has 1 aliphatic rings. The molecular weight excluding hydrogens is 234 g/mol. The van der Waals surface area contributed by atoms with Crippen molar-refractivity contribution < 1.29 is 9.59 Å². The molecule has 1 unspecified atom stereocenters. The Bertz CT molecular complexity index is 444. The van der Waals surface area contributed by atoms with Gasteiger partial charge in [-0.15, -0.1) is 0 Å². The lowest BCUT2D eigenvalue weighted by molar-refractivity contribution is -0.124. The number of hydrogen-bond acceptors (Lipinski definition) is 4. The molecule has 0 radical (unpaired) electrons. The molecule has 1 aromatic heterocycles. The number of anilines is 1. The topological polar surface area (TPSA) is 88.0 Å². The summed E-state index contributed by atoms with van der Waals surface area (Å²) in [5, 5.41) is 12.4. The highest BCUT2D eigenvalue weighted by Gasteiger charge is 2.23. The number of amides is 2. The lowest BCUT2D eigenvalue weighted by Gasteiger charge is -2.22. The smallest absolute Gasteiger partial charge is 0.243 e. The summed E-state index contributed by atoms with van der Waals surface area (Å²) in [5.41, 5.74) is 0.660. The second kappa shape index (κ2) is 5.18. The van der Waals surface area contributed by atoms with Gasteiger partial charge in [-0.05, 0) is 13.8 Å². The van der Waals surface area contributed by atoms with Crippen molar-refractivity contribution in [2.75, 3.05) is 18.4 Å². The zero-order chi connectivity index (χ0) is 13.1. The van der Waals surface area contributed by atoms with Crippen LogP contribution in [0.15, 0.2) is 12.4 Å². The molecule has 1 aliphatic heterocycles. The monoisotopic (exact) mass is 251 g/mol. The zero-order valence-corrected chi connectivity index (χ0v) is 10.4. The van der Waals surface area contributed by atoms with Gasteiger partial charge in [0.1, 0.15) is 6.04 Å². The van der Waals surface area contributed by atoms with Crippen LogP contribution in [0.1, 0.15) is 19.9 Å². The van der Waals surface area contributed by atoms with Gasteiger partial charge in [0, 0.05) is 18.8 Å². The predicted octanol–water partition coefficient (Wildman–Crippen LogP) is -0.509. The second-order valence-corrected chi connectivity index (χ2v) is 4.53. The molecule has 0 aliphatic carbocycles. The average Bonchev–Trinajstić information content (AvgIpc) is 2.78. The number of piperazine rings is 1. The van der Waals surface area contributed by atoms with Gasteiger partial charge in [0.25, 0.3) is 0 Å². The molecule has 7 nitrogen and oxygen atoms in total. The number of carbonyl (C=O) groups is 2. The Morgan fingerprint density at radius 1 is 1.61 bits per heavy atom. The largest absolute Gasteiger partial charge is 0.353 e. The van der Waals surface area contributed by atoms with Crippen LogP contribution in [-0.4, -0.2) is 40.7 Å². The SMILES string of the molecule is CC(C)n1cc(NC(=O)C2CNC(=O)CN2)cn1. The molecule has 0 saturated carbocycles. The fraction of sp³-hybridized carbons (Fsp3) is 0.545. The number of carbonyl (C=O) groups excluding carboxylic acids is 2. The lowest BCUT2D eigenvalue weighted by Crippen LogP contribution is -2.56. The van der Waals surface area contributed by atoms with E-state index in [4.69, 9.17) is 0 Å². The molecule has 7 heteroatoms. The van der Waals surface area contributed by atoms with Gasteiger partial charge in [-0.25, -0.2) is 0 Å². The van der Waals surface area contributed by atoms with Gasteiger partial charge in [0.15, 0.2) is 0 Å². The number of aromatic nitrogens is 2. The van der Waals surface area contributed by atoms with Crippen LogP contribution >= 0.6 is 0 Å². The maximum Gasteiger partial charge on any atom is 0.243 e. The van der Waals surface area contributed by atoms with Crippen LogP contribution in [0, 0.1) is 0 Å². The standard InChI is InChI=1S/C11H17N5O2/c1-7(2)16-6-8(3-14-16)15-11(18)9-4-13-10(17)5-12-9/h3,6-7,9,12H,4-5H2,1-2H3,(H,13,17)(H,15,18). The van der Waals surface area contributed by atoms with E-state index in [1.165, 1.54) is 0 Å². The van der Waals surface area contributed by atoms with Crippen molar-refractivity contribution >= 4 is 17.5 Å². The van der Waals surface area contributed by atoms with Crippen molar-refractivity contribution in [1.82, 2.24) is 20.4 Å². The summed E-state index contributed by atoms with van der Waals surface area (Å²) >= 11 is 0. The van der Waals surface area contributed by atoms with E-state index in [-0.39, 0.29) is 24.4 Å². The maximum absolute atomic E-state index is 11.9. The van der Waals surface area contributed by atoms with Gasteiger partial charge in [0.05, 0.1) is 18.4 Å². The number of nitrogens with one attached hydrogen (secondary N) is 3. The molecule has 2 rings (SSSR count). The Hall–Kier alpha value is -1.89. The molecule has 0 bridgehead atoms. The van der Waals surface area contributed by atoms with Crippen LogP contribution in [0.25, 0.3) is 0 Å². The van der Waals surface area contributed by atoms with Crippen molar-refractivity contribution in [2.45, 2.75) is 25.9 Å². The molecule has 1 aromatic rings. The molecule has 1 saturated heterocycles. The molecule has 2 heterocycles. The first-order chi connectivity index (χ1) is 8.56. The highest BCUT2D eigenvalue weighted by atomic mass is 16.2. The molecule has 1 atom stereocenters. The van der Waals surface area contributed by atoms with Crippen molar-refractivity contribution in [3.8, 4) is 0 Å². The predicted molar refractivity (Wildman–Crippen MR) is 66.0 cm³/mol. The normalized spacial score (nSPS) is 19.7. The Kier molecular flexibility index (Phi) is 3.61. The van der Waals surface area contributed by atoms with Crippen LogP contribution in [0.4, 0.5) is 5.69 Å². The fourth-order valence-electron chi connectivity index (χ4n) is 1.67. The first kappa shape index (κ1) is 12.6. The van der Waals surface area contributed by atoms with Gasteiger partial charge in [-0.2, -0.15) is 5.10 Å². The highest BCUT2D eigenvalue weighted by Crippen LogP contribution is 2.10. The second-order valence-electron chi connectivity index (χ2n) is 4.53. The van der Waals surface area contributed by atoms with Gasteiger partial charge < -0.3 is 10.6 Å². The Morgan fingerprint density at radius 3 is 2.94 bits per heavy atom. The molecule has 0 spiro atoms. The van der Waals surface area contributed by atoms with E-state index in [2.05, 4.69) is 21.0 Å². The van der Waals surface area contributed by atoms with Crippen LogP contribution in [0.2, 0.25) is 0 Å². The lowest BCUT2D eigenvalue weighted by atomic mass is 10.2. The average molecular weight is 251 g/mol. The van der Waals surface area contributed by atoms with E-state index >= 15 is 0 Å². The van der Waals surface area contributed by atoms with Crippen LogP contribution in [0.5, 0.6) is 0 Å². The minimum absolute atomic E-state index is 0.0910. The highest BCUT2D eigenvalue weighted by molar-refractivity contribution is 5.96. The minimum Gasteiger partial charge on any atom is -0.353 e. The number of rotatable bonds is 3. The summed E-state index contributed by atoms with van der Waals surface area (Å²) in [4.78, 5) is 22.8. The maximum atomic E-state index is 11.9. The summed E-state index contributed by atoms with van der Waals surface area (Å²) in [5.74, 6) is -0.259. The third-order valence-electron chi connectivity index (χ3n) is 2.73. The minimum atomic E-state index is -0.398. The number of hydrogen-bond donors (Lipinski definition) is 3. The van der Waals surface area contributed by atoms with Crippen LogP contribution in [-0.2, 0) is 9.59 Å². The summed E-state index contributed by atoms with van der Waals surface area (Å²) in [6.07, 6.45) is 3.39. The molecule has 2 amide bonds.